The van der Waals surface area contributed by atoms with E-state index in [1.807, 2.05) is 0 Å². The van der Waals surface area contributed by atoms with Crippen molar-refractivity contribution in [3.8, 4) is 0 Å². The summed E-state index contributed by atoms with van der Waals surface area (Å²) in [5.74, 6) is -1.53. The van der Waals surface area contributed by atoms with Crippen molar-refractivity contribution in [2.75, 3.05) is 6.61 Å². The van der Waals surface area contributed by atoms with E-state index >= 15 is 0 Å². The van der Waals surface area contributed by atoms with Gasteiger partial charge in [-0.25, -0.2) is 4.79 Å². The fourth-order valence-corrected chi connectivity index (χ4v) is 1.01. The van der Waals surface area contributed by atoms with Crippen LogP contribution in [0.25, 0.3) is 0 Å². The van der Waals surface area contributed by atoms with Crippen LogP contribution in [0.15, 0.2) is 11.3 Å². The molecule has 1 rings (SSSR count). The molecule has 3 amide bonds. The fraction of sp³-hybridized carbons (Fsp3) is 0.375. The molecular weight excluding hydrogens is 188 g/mol. The molecule has 0 saturated carbocycles. The Bertz CT molecular complexity index is 321. The first kappa shape index (κ1) is 10.2. The number of carbonyl (C=O) groups is 3. The van der Waals surface area contributed by atoms with Gasteiger partial charge in [0.1, 0.15) is 5.70 Å². The smallest absolute Gasteiger partial charge is 0.424 e. The lowest BCUT2D eigenvalue weighted by molar-refractivity contribution is -0.135. The molecule has 0 radical (unpaired) electrons. The number of amides is 3. The van der Waals surface area contributed by atoms with Crippen molar-refractivity contribution in [2.45, 2.75) is 13.8 Å². The minimum Gasteiger partial charge on any atom is -0.449 e. The highest BCUT2D eigenvalue weighted by Gasteiger charge is 2.39. The van der Waals surface area contributed by atoms with Crippen LogP contribution in [0.3, 0.4) is 0 Å². The second-order valence-electron chi connectivity index (χ2n) is 2.68. The maximum absolute atomic E-state index is 11.3. The van der Waals surface area contributed by atoms with Crippen LogP contribution < -0.4 is 5.73 Å². The van der Waals surface area contributed by atoms with Gasteiger partial charge in [-0.15, -0.1) is 0 Å². The number of nitrogens with zero attached hydrogens (tertiary/aromatic N) is 1. The van der Waals surface area contributed by atoms with Crippen LogP contribution in [0, 0.1) is 0 Å². The zero-order valence-electron chi connectivity index (χ0n) is 7.86. The summed E-state index contributed by atoms with van der Waals surface area (Å²) in [6.45, 7) is 3.05. The molecule has 0 unspecified atom stereocenters. The molecule has 0 atom stereocenters. The van der Waals surface area contributed by atoms with Gasteiger partial charge in [0.05, 0.1) is 6.61 Å². The van der Waals surface area contributed by atoms with E-state index in [9.17, 15) is 14.4 Å². The van der Waals surface area contributed by atoms with Crippen LogP contribution in [0.2, 0.25) is 0 Å². The summed E-state index contributed by atoms with van der Waals surface area (Å²) in [5, 5.41) is 0. The van der Waals surface area contributed by atoms with Crippen LogP contribution in [0.5, 0.6) is 0 Å². The van der Waals surface area contributed by atoms with Crippen molar-refractivity contribution in [3.05, 3.63) is 11.3 Å². The monoisotopic (exact) mass is 198 g/mol. The lowest BCUT2D eigenvalue weighted by Crippen LogP contribution is -2.38. The molecule has 1 aliphatic heterocycles. The third-order valence-corrected chi connectivity index (χ3v) is 1.81. The van der Waals surface area contributed by atoms with Crippen LogP contribution in [-0.4, -0.2) is 29.4 Å². The highest BCUT2D eigenvalue weighted by molar-refractivity contribution is 6.25. The zero-order chi connectivity index (χ0) is 10.9. The number of hydrogen-bond acceptors (Lipinski definition) is 5. The molecule has 6 nitrogen and oxygen atoms in total. The Hall–Kier alpha value is -1.85. The Labute approximate surface area is 80.3 Å². The number of imide groups is 3. The summed E-state index contributed by atoms with van der Waals surface area (Å²) in [5.41, 5.74) is 5.16. The van der Waals surface area contributed by atoms with Gasteiger partial charge < -0.3 is 10.5 Å². The third kappa shape index (κ3) is 1.34. The van der Waals surface area contributed by atoms with E-state index in [2.05, 4.69) is 4.74 Å². The zero-order valence-corrected chi connectivity index (χ0v) is 7.86. The lowest BCUT2D eigenvalue weighted by atomic mass is 10.3. The normalized spacial score (nSPS) is 16.6. The largest absolute Gasteiger partial charge is 0.449 e. The highest BCUT2D eigenvalue weighted by Crippen LogP contribution is 2.17. The molecular formula is C8H10N2O4. The van der Waals surface area contributed by atoms with E-state index < -0.39 is 17.9 Å². The van der Waals surface area contributed by atoms with E-state index in [1.165, 1.54) is 6.92 Å². The molecule has 2 N–H and O–H groups in total. The minimum absolute atomic E-state index is 0.0723. The predicted octanol–water partition coefficient (Wildman–Crippen LogP) is -0.256. The Kier molecular flexibility index (Phi) is 2.55. The van der Waals surface area contributed by atoms with Gasteiger partial charge in [0.2, 0.25) is 0 Å². The molecule has 0 aromatic carbocycles. The molecule has 1 aliphatic rings. The highest BCUT2D eigenvalue weighted by atomic mass is 16.6. The number of carbonyl (C=O) groups excluding carboxylic acids is 3. The average Bonchev–Trinajstić information content (AvgIpc) is 2.32. The van der Waals surface area contributed by atoms with Gasteiger partial charge in [0.15, 0.2) is 0 Å². The minimum atomic E-state index is -0.984. The standard InChI is InChI=1S/C8H10N2O4/c1-3-14-8(13)10-6(11)4(2)5(9)7(10)12/h3,9H2,1-2H3. The molecule has 0 aliphatic carbocycles. The summed E-state index contributed by atoms with van der Waals surface area (Å²) in [6, 6.07) is 0. The van der Waals surface area contributed by atoms with Crippen LogP contribution in [-0.2, 0) is 14.3 Å². The van der Waals surface area contributed by atoms with Gasteiger partial charge in [-0.2, -0.15) is 4.90 Å². The topological polar surface area (TPSA) is 89.7 Å². The molecule has 6 heteroatoms. The van der Waals surface area contributed by atoms with E-state index in [0.717, 1.165) is 0 Å². The fourth-order valence-electron chi connectivity index (χ4n) is 1.01. The van der Waals surface area contributed by atoms with Crippen molar-refractivity contribution in [3.63, 3.8) is 0 Å². The van der Waals surface area contributed by atoms with Crippen LogP contribution in [0.4, 0.5) is 4.79 Å². The lowest BCUT2D eigenvalue weighted by Gasteiger charge is -2.11. The molecule has 0 bridgehead atoms. The average molecular weight is 198 g/mol. The number of nitrogens with two attached hydrogens (primary N) is 1. The summed E-state index contributed by atoms with van der Waals surface area (Å²) >= 11 is 0. The summed E-state index contributed by atoms with van der Waals surface area (Å²) in [4.78, 5) is 34.1. The van der Waals surface area contributed by atoms with E-state index in [-0.39, 0.29) is 17.9 Å². The van der Waals surface area contributed by atoms with Gasteiger partial charge in [-0.3, -0.25) is 9.59 Å². The van der Waals surface area contributed by atoms with E-state index in [0.29, 0.717) is 4.90 Å². The quantitative estimate of drug-likeness (QED) is 0.586. The van der Waals surface area contributed by atoms with Crippen molar-refractivity contribution < 1.29 is 19.1 Å². The van der Waals surface area contributed by atoms with Crippen molar-refractivity contribution in [2.24, 2.45) is 5.73 Å². The van der Waals surface area contributed by atoms with E-state index in [1.54, 1.807) is 6.92 Å². The molecule has 0 aromatic heterocycles. The first-order valence-corrected chi connectivity index (χ1v) is 4.02. The SMILES string of the molecule is CCOC(=O)N1C(=O)C(C)=C(N)C1=O. The molecule has 14 heavy (non-hydrogen) atoms. The number of rotatable bonds is 1. The van der Waals surface area contributed by atoms with Gasteiger partial charge in [0.25, 0.3) is 11.8 Å². The third-order valence-electron chi connectivity index (χ3n) is 1.81. The first-order chi connectivity index (χ1) is 6.50. The number of hydrogen-bond donors (Lipinski definition) is 1. The Morgan fingerprint density at radius 3 is 2.36 bits per heavy atom. The second kappa shape index (κ2) is 3.49. The van der Waals surface area contributed by atoms with Crippen LogP contribution >= 0.6 is 0 Å². The van der Waals surface area contributed by atoms with Crippen molar-refractivity contribution >= 4 is 17.9 Å². The summed E-state index contributed by atoms with van der Waals surface area (Å²) in [6.07, 6.45) is -0.984. The Morgan fingerprint density at radius 2 is 2.00 bits per heavy atom. The molecule has 0 aromatic rings. The molecule has 0 spiro atoms. The molecule has 0 saturated heterocycles. The Morgan fingerprint density at radius 1 is 1.43 bits per heavy atom. The van der Waals surface area contributed by atoms with Gasteiger partial charge in [-0.05, 0) is 13.8 Å². The van der Waals surface area contributed by atoms with Crippen molar-refractivity contribution in [1.82, 2.24) is 4.90 Å². The summed E-state index contributed by atoms with van der Waals surface area (Å²) < 4.78 is 4.53. The predicted molar refractivity (Wildman–Crippen MR) is 45.8 cm³/mol. The first-order valence-electron chi connectivity index (χ1n) is 4.02. The molecule has 76 valence electrons. The maximum atomic E-state index is 11.3. The van der Waals surface area contributed by atoms with E-state index in [4.69, 9.17) is 5.73 Å². The molecule has 0 fully saturated rings. The van der Waals surface area contributed by atoms with Gasteiger partial charge in [0, 0.05) is 5.57 Å². The molecule has 1 heterocycles. The summed E-state index contributed by atoms with van der Waals surface area (Å²) in [7, 11) is 0. The van der Waals surface area contributed by atoms with Gasteiger partial charge >= 0.3 is 6.09 Å². The Balaban J connectivity index is 2.92. The van der Waals surface area contributed by atoms with Gasteiger partial charge in [-0.1, -0.05) is 0 Å². The van der Waals surface area contributed by atoms with Crippen molar-refractivity contribution in [1.29, 1.82) is 0 Å². The number of ether oxygens (including phenoxy) is 1. The van der Waals surface area contributed by atoms with Crippen LogP contribution in [0.1, 0.15) is 13.8 Å². The maximum Gasteiger partial charge on any atom is 0.424 e. The second-order valence-corrected chi connectivity index (χ2v) is 2.68.